The first kappa shape index (κ1) is 18.3. The van der Waals surface area contributed by atoms with Crippen LogP contribution in [-0.4, -0.2) is 29.6 Å². The van der Waals surface area contributed by atoms with Crippen molar-refractivity contribution in [3.8, 4) is 11.5 Å². The van der Waals surface area contributed by atoms with Gasteiger partial charge in [0.05, 0.1) is 7.11 Å². The number of benzene rings is 2. The van der Waals surface area contributed by atoms with Crippen LogP contribution in [0.15, 0.2) is 60.8 Å². The summed E-state index contributed by atoms with van der Waals surface area (Å²) in [6.07, 6.45) is 1.06. The number of aromatic nitrogens is 1. The van der Waals surface area contributed by atoms with Gasteiger partial charge in [0, 0.05) is 11.7 Å². The second-order valence-corrected chi connectivity index (χ2v) is 5.98. The molecule has 0 aliphatic rings. The number of hydrogen-bond donors (Lipinski definition) is 2. The van der Waals surface area contributed by atoms with Crippen LogP contribution < -0.4 is 20.3 Å². The monoisotopic (exact) mass is 367 g/mol. The van der Waals surface area contributed by atoms with Crippen molar-refractivity contribution in [2.24, 2.45) is 0 Å². The van der Waals surface area contributed by atoms with Crippen LogP contribution in [0.1, 0.15) is 6.92 Å². The number of nitrogens with one attached hydrogen (secondary N) is 2. The van der Waals surface area contributed by atoms with E-state index < -0.39 is 12.0 Å². The fraction of sp³-hybridized carbons (Fsp3) is 0.200. The van der Waals surface area contributed by atoms with Gasteiger partial charge in [-0.25, -0.2) is 0 Å². The van der Waals surface area contributed by atoms with E-state index in [0.29, 0.717) is 11.5 Å². The van der Waals surface area contributed by atoms with E-state index in [9.17, 15) is 9.59 Å². The molecular weight excluding hydrogens is 346 g/mol. The summed E-state index contributed by atoms with van der Waals surface area (Å²) >= 11 is 0. The van der Waals surface area contributed by atoms with E-state index in [1.807, 2.05) is 41.1 Å². The number of rotatable bonds is 6. The van der Waals surface area contributed by atoms with E-state index in [1.54, 1.807) is 38.3 Å². The number of para-hydroxylation sites is 1. The van der Waals surface area contributed by atoms with Crippen molar-refractivity contribution >= 4 is 22.7 Å². The van der Waals surface area contributed by atoms with Crippen molar-refractivity contribution < 1.29 is 19.1 Å². The molecule has 0 spiro atoms. The molecule has 7 nitrogen and oxygen atoms in total. The molecule has 0 radical (unpaired) electrons. The summed E-state index contributed by atoms with van der Waals surface area (Å²) in [5.74, 6) is 0.450. The lowest BCUT2D eigenvalue weighted by molar-refractivity contribution is -0.132. The number of amides is 2. The minimum absolute atomic E-state index is 0.0987. The molecule has 1 heterocycles. The standard InChI is InChI=1S/C20H21N3O4/c1-14(27-17-9-7-16(26-2)8-10-17)20(25)22-21-19(24)13-23-12-11-15-5-3-4-6-18(15)23/h3-12,14H,13H2,1-2H3,(H,21,24)(H,22,25). The molecule has 0 fully saturated rings. The Bertz CT molecular complexity index is 934. The first-order valence-electron chi connectivity index (χ1n) is 8.50. The van der Waals surface area contributed by atoms with Gasteiger partial charge in [-0.3, -0.25) is 20.4 Å². The highest BCUT2D eigenvalue weighted by Crippen LogP contribution is 2.18. The Kier molecular flexibility index (Phi) is 5.61. The van der Waals surface area contributed by atoms with E-state index in [1.165, 1.54) is 0 Å². The molecule has 7 heteroatoms. The molecule has 1 aromatic heterocycles. The Morgan fingerprint density at radius 1 is 1.00 bits per heavy atom. The van der Waals surface area contributed by atoms with Gasteiger partial charge in [-0.05, 0) is 48.7 Å². The van der Waals surface area contributed by atoms with Crippen LogP contribution in [0, 0.1) is 0 Å². The molecule has 140 valence electrons. The number of hydrogen-bond acceptors (Lipinski definition) is 4. The van der Waals surface area contributed by atoms with Crippen LogP contribution >= 0.6 is 0 Å². The average Bonchev–Trinajstić information content (AvgIpc) is 3.09. The minimum Gasteiger partial charge on any atom is -0.497 e. The number of ether oxygens (including phenoxy) is 2. The van der Waals surface area contributed by atoms with Crippen molar-refractivity contribution in [3.05, 3.63) is 60.8 Å². The van der Waals surface area contributed by atoms with Crippen molar-refractivity contribution in [2.75, 3.05) is 7.11 Å². The summed E-state index contributed by atoms with van der Waals surface area (Å²) in [6.45, 7) is 1.70. The maximum absolute atomic E-state index is 12.1. The zero-order valence-electron chi connectivity index (χ0n) is 15.1. The number of fused-ring (bicyclic) bond motifs is 1. The molecule has 2 aromatic carbocycles. The molecule has 1 unspecified atom stereocenters. The van der Waals surface area contributed by atoms with Crippen molar-refractivity contribution in [3.63, 3.8) is 0 Å². The highest BCUT2D eigenvalue weighted by molar-refractivity contribution is 5.86. The summed E-state index contributed by atoms with van der Waals surface area (Å²) in [5, 5.41) is 1.05. The molecule has 3 aromatic rings. The first-order valence-corrected chi connectivity index (χ1v) is 8.50. The number of carbonyl (C=O) groups excluding carboxylic acids is 2. The summed E-state index contributed by atoms with van der Waals surface area (Å²) in [5.41, 5.74) is 5.75. The maximum Gasteiger partial charge on any atom is 0.279 e. The Hall–Kier alpha value is -3.48. The maximum atomic E-state index is 12.1. The Morgan fingerprint density at radius 2 is 1.70 bits per heavy atom. The highest BCUT2D eigenvalue weighted by Gasteiger charge is 2.15. The topological polar surface area (TPSA) is 81.6 Å². The van der Waals surface area contributed by atoms with Crippen LogP contribution in [0.4, 0.5) is 0 Å². The van der Waals surface area contributed by atoms with Gasteiger partial charge in [0.2, 0.25) is 0 Å². The lowest BCUT2D eigenvalue weighted by atomic mass is 10.2. The van der Waals surface area contributed by atoms with Gasteiger partial charge < -0.3 is 14.0 Å². The predicted octanol–water partition coefficient (Wildman–Crippen LogP) is 2.26. The smallest absolute Gasteiger partial charge is 0.279 e. The minimum atomic E-state index is -0.772. The van der Waals surface area contributed by atoms with Crippen LogP contribution in [-0.2, 0) is 16.1 Å². The molecule has 0 aliphatic heterocycles. The van der Waals surface area contributed by atoms with Crippen molar-refractivity contribution in [2.45, 2.75) is 19.6 Å². The van der Waals surface area contributed by atoms with E-state index >= 15 is 0 Å². The Balaban J connectivity index is 1.49. The second kappa shape index (κ2) is 8.27. The highest BCUT2D eigenvalue weighted by atomic mass is 16.5. The third-order valence-electron chi connectivity index (χ3n) is 4.06. The summed E-state index contributed by atoms with van der Waals surface area (Å²) in [7, 11) is 1.57. The van der Waals surface area contributed by atoms with Gasteiger partial charge in [-0.15, -0.1) is 0 Å². The van der Waals surface area contributed by atoms with Crippen molar-refractivity contribution in [1.82, 2.24) is 15.4 Å². The van der Waals surface area contributed by atoms with E-state index in [0.717, 1.165) is 10.9 Å². The van der Waals surface area contributed by atoms with Gasteiger partial charge in [0.25, 0.3) is 11.8 Å². The third-order valence-corrected chi connectivity index (χ3v) is 4.06. The van der Waals surface area contributed by atoms with Crippen LogP contribution in [0.3, 0.4) is 0 Å². The van der Waals surface area contributed by atoms with E-state index in [-0.39, 0.29) is 12.5 Å². The largest absolute Gasteiger partial charge is 0.497 e. The summed E-state index contributed by atoms with van der Waals surface area (Å²) in [4.78, 5) is 24.2. The second-order valence-electron chi connectivity index (χ2n) is 5.98. The predicted molar refractivity (Wildman–Crippen MR) is 101 cm³/mol. The lowest BCUT2D eigenvalue weighted by Crippen LogP contribution is -2.48. The van der Waals surface area contributed by atoms with Gasteiger partial charge in [-0.1, -0.05) is 18.2 Å². The van der Waals surface area contributed by atoms with E-state index in [4.69, 9.17) is 9.47 Å². The number of nitrogens with zero attached hydrogens (tertiary/aromatic N) is 1. The number of methoxy groups -OCH3 is 1. The Morgan fingerprint density at radius 3 is 2.44 bits per heavy atom. The van der Waals surface area contributed by atoms with Crippen LogP contribution in [0.5, 0.6) is 11.5 Å². The molecule has 2 N–H and O–H groups in total. The molecule has 0 aliphatic carbocycles. The fourth-order valence-electron chi connectivity index (χ4n) is 2.62. The SMILES string of the molecule is COc1ccc(OC(C)C(=O)NNC(=O)Cn2ccc3ccccc32)cc1. The summed E-state index contributed by atoms with van der Waals surface area (Å²) < 4.78 is 12.4. The molecule has 0 bridgehead atoms. The van der Waals surface area contributed by atoms with Gasteiger partial charge in [0.15, 0.2) is 6.10 Å². The van der Waals surface area contributed by atoms with Crippen molar-refractivity contribution in [1.29, 1.82) is 0 Å². The lowest BCUT2D eigenvalue weighted by Gasteiger charge is -2.15. The molecule has 27 heavy (non-hydrogen) atoms. The zero-order valence-corrected chi connectivity index (χ0v) is 15.1. The van der Waals surface area contributed by atoms with E-state index in [2.05, 4.69) is 10.9 Å². The van der Waals surface area contributed by atoms with Crippen LogP contribution in [0.2, 0.25) is 0 Å². The van der Waals surface area contributed by atoms with Crippen LogP contribution in [0.25, 0.3) is 10.9 Å². The molecule has 0 saturated heterocycles. The normalized spacial score (nSPS) is 11.6. The molecule has 2 amide bonds. The quantitative estimate of drug-likeness (QED) is 0.655. The third kappa shape index (κ3) is 4.58. The molecule has 0 saturated carbocycles. The van der Waals surface area contributed by atoms with Gasteiger partial charge in [-0.2, -0.15) is 0 Å². The zero-order chi connectivity index (χ0) is 19.2. The Labute approximate surface area is 156 Å². The fourth-order valence-corrected chi connectivity index (χ4v) is 2.62. The number of carbonyl (C=O) groups is 2. The number of hydrazine groups is 1. The molecule has 3 rings (SSSR count). The molecule has 1 atom stereocenters. The molecular formula is C20H21N3O4. The first-order chi connectivity index (χ1) is 13.1. The van der Waals surface area contributed by atoms with Gasteiger partial charge in [0.1, 0.15) is 18.0 Å². The average molecular weight is 367 g/mol. The summed E-state index contributed by atoms with van der Waals surface area (Å²) in [6, 6.07) is 16.6. The van der Waals surface area contributed by atoms with Gasteiger partial charge >= 0.3 is 0 Å².